The third kappa shape index (κ3) is 4.66. The van der Waals surface area contributed by atoms with Crippen LogP contribution in [0.4, 0.5) is 4.39 Å². The van der Waals surface area contributed by atoms with Gasteiger partial charge in [-0.3, -0.25) is 9.36 Å². The van der Waals surface area contributed by atoms with Gasteiger partial charge in [-0.25, -0.2) is 17.8 Å². The van der Waals surface area contributed by atoms with Gasteiger partial charge in [0.2, 0.25) is 5.91 Å². The van der Waals surface area contributed by atoms with Crippen molar-refractivity contribution in [3.63, 3.8) is 0 Å². The Bertz CT molecular complexity index is 986. The molecule has 0 spiro atoms. The van der Waals surface area contributed by atoms with Crippen molar-refractivity contribution in [2.75, 3.05) is 17.3 Å². The number of thioether (sulfide) groups is 1. The summed E-state index contributed by atoms with van der Waals surface area (Å²) in [5.74, 6) is 0.0264. The summed E-state index contributed by atoms with van der Waals surface area (Å²) in [6.45, 7) is 0. The summed E-state index contributed by atoms with van der Waals surface area (Å²) < 4.78 is 39.3. The molecule has 1 saturated heterocycles. The second-order valence-corrected chi connectivity index (χ2v) is 10.8. The largest absolute Gasteiger partial charge is 0.335 e. The highest BCUT2D eigenvalue weighted by atomic mass is 32.2. The Morgan fingerprint density at radius 3 is 2.72 bits per heavy atom. The van der Waals surface area contributed by atoms with Gasteiger partial charge in [0.1, 0.15) is 5.82 Å². The van der Waals surface area contributed by atoms with E-state index in [0.717, 1.165) is 25.7 Å². The monoisotopic (exact) mass is 437 g/mol. The molecule has 29 heavy (non-hydrogen) atoms. The molecule has 2 aliphatic rings. The highest BCUT2D eigenvalue weighted by Gasteiger charge is 2.38. The first kappa shape index (κ1) is 20.4. The van der Waals surface area contributed by atoms with Gasteiger partial charge in [0.25, 0.3) is 0 Å². The van der Waals surface area contributed by atoms with Crippen LogP contribution in [0.15, 0.2) is 41.8 Å². The van der Waals surface area contributed by atoms with Crippen LogP contribution in [0.2, 0.25) is 0 Å². The van der Waals surface area contributed by atoms with Crippen LogP contribution >= 0.6 is 11.8 Å². The van der Waals surface area contributed by atoms with Gasteiger partial charge in [0.15, 0.2) is 15.0 Å². The van der Waals surface area contributed by atoms with E-state index in [1.54, 1.807) is 29.1 Å². The van der Waals surface area contributed by atoms with Crippen molar-refractivity contribution in [1.82, 2.24) is 14.5 Å². The van der Waals surface area contributed by atoms with Crippen LogP contribution in [0, 0.1) is 5.82 Å². The molecule has 1 aromatic carbocycles. The Morgan fingerprint density at radius 1 is 1.24 bits per heavy atom. The summed E-state index contributed by atoms with van der Waals surface area (Å²) in [7, 11) is -3.06. The minimum atomic E-state index is -3.06. The van der Waals surface area contributed by atoms with Crippen LogP contribution in [0.25, 0.3) is 5.69 Å². The van der Waals surface area contributed by atoms with E-state index in [2.05, 4.69) is 4.98 Å². The topological polar surface area (TPSA) is 72.3 Å². The normalized spacial score (nSPS) is 21.5. The van der Waals surface area contributed by atoms with Crippen LogP contribution in [0.5, 0.6) is 0 Å². The number of carbonyl (C=O) groups excluding carboxylic acids is 1. The number of hydrogen-bond donors (Lipinski definition) is 0. The van der Waals surface area contributed by atoms with Gasteiger partial charge in [-0.15, -0.1) is 0 Å². The molecular formula is C20H24FN3O3S2. The van der Waals surface area contributed by atoms with E-state index in [1.165, 1.54) is 23.9 Å². The van der Waals surface area contributed by atoms with Gasteiger partial charge in [-0.05, 0) is 37.5 Å². The Labute approximate surface area is 174 Å². The number of sulfone groups is 1. The lowest BCUT2D eigenvalue weighted by atomic mass is 10.1. The minimum Gasteiger partial charge on any atom is -0.335 e. The molecule has 6 nitrogen and oxygen atoms in total. The number of amides is 1. The number of aromatic nitrogens is 2. The van der Waals surface area contributed by atoms with Crippen molar-refractivity contribution >= 4 is 27.5 Å². The summed E-state index contributed by atoms with van der Waals surface area (Å²) in [5.41, 5.74) is 0.645. The van der Waals surface area contributed by atoms with Crippen molar-refractivity contribution < 1.29 is 17.6 Å². The fraction of sp³-hybridized carbons (Fsp3) is 0.500. The number of carbonyl (C=O) groups is 1. The maximum atomic E-state index is 13.6. The van der Waals surface area contributed by atoms with E-state index in [-0.39, 0.29) is 41.1 Å². The Morgan fingerprint density at radius 2 is 2.03 bits per heavy atom. The van der Waals surface area contributed by atoms with E-state index in [4.69, 9.17) is 0 Å². The number of imidazole rings is 1. The van der Waals surface area contributed by atoms with Crippen molar-refractivity contribution in [2.24, 2.45) is 0 Å². The Balaban J connectivity index is 1.48. The first-order valence-electron chi connectivity index (χ1n) is 9.87. The molecule has 156 valence electrons. The predicted molar refractivity (Wildman–Crippen MR) is 110 cm³/mol. The summed E-state index contributed by atoms with van der Waals surface area (Å²) in [4.78, 5) is 19.3. The zero-order chi connectivity index (χ0) is 20.4. The highest BCUT2D eigenvalue weighted by Crippen LogP contribution is 2.30. The first-order valence-corrected chi connectivity index (χ1v) is 12.7. The molecule has 2 heterocycles. The molecular weight excluding hydrogens is 413 g/mol. The van der Waals surface area contributed by atoms with Crippen LogP contribution < -0.4 is 0 Å². The molecule has 0 radical (unpaired) electrons. The van der Waals surface area contributed by atoms with Gasteiger partial charge >= 0.3 is 0 Å². The van der Waals surface area contributed by atoms with Gasteiger partial charge in [0, 0.05) is 24.5 Å². The second-order valence-electron chi connectivity index (χ2n) is 7.64. The Hall–Kier alpha value is -1.87. The number of rotatable bonds is 6. The maximum absolute atomic E-state index is 13.6. The minimum absolute atomic E-state index is 0.0437. The van der Waals surface area contributed by atoms with Crippen molar-refractivity contribution in [3.8, 4) is 5.69 Å². The lowest BCUT2D eigenvalue weighted by molar-refractivity contribution is -0.132. The van der Waals surface area contributed by atoms with Crippen LogP contribution in [-0.2, 0) is 14.6 Å². The van der Waals surface area contributed by atoms with E-state index in [0.29, 0.717) is 17.3 Å². The number of halogens is 1. The van der Waals surface area contributed by atoms with E-state index < -0.39 is 9.84 Å². The molecule has 0 unspecified atom stereocenters. The molecule has 4 rings (SSSR count). The predicted octanol–water partition coefficient (Wildman–Crippen LogP) is 3.06. The summed E-state index contributed by atoms with van der Waals surface area (Å²) in [6.07, 6.45) is 7.90. The third-order valence-electron chi connectivity index (χ3n) is 5.63. The van der Waals surface area contributed by atoms with E-state index in [9.17, 15) is 17.6 Å². The third-order valence-corrected chi connectivity index (χ3v) is 8.33. The zero-order valence-corrected chi connectivity index (χ0v) is 17.7. The molecule has 0 bridgehead atoms. The molecule has 2 fully saturated rings. The lowest BCUT2D eigenvalue weighted by Gasteiger charge is -2.34. The second kappa shape index (κ2) is 8.47. The molecule has 9 heteroatoms. The zero-order valence-electron chi connectivity index (χ0n) is 16.0. The smallest absolute Gasteiger partial charge is 0.233 e. The molecule has 2 aromatic rings. The number of hydrogen-bond acceptors (Lipinski definition) is 5. The Kier molecular flexibility index (Phi) is 5.96. The van der Waals surface area contributed by atoms with Crippen molar-refractivity contribution in [2.45, 2.75) is 49.3 Å². The van der Waals surface area contributed by atoms with Gasteiger partial charge in [-0.2, -0.15) is 0 Å². The van der Waals surface area contributed by atoms with Crippen molar-refractivity contribution in [1.29, 1.82) is 0 Å². The van der Waals surface area contributed by atoms with E-state index in [1.807, 2.05) is 4.90 Å². The average molecular weight is 438 g/mol. The fourth-order valence-corrected chi connectivity index (χ4v) is 6.86. The molecule has 1 atom stereocenters. The van der Waals surface area contributed by atoms with Gasteiger partial charge in [-0.1, -0.05) is 30.7 Å². The van der Waals surface area contributed by atoms with Crippen molar-refractivity contribution in [3.05, 3.63) is 42.5 Å². The van der Waals surface area contributed by atoms with Gasteiger partial charge < -0.3 is 4.90 Å². The summed E-state index contributed by atoms with van der Waals surface area (Å²) in [6, 6.07) is 6.12. The number of benzene rings is 1. The molecule has 1 saturated carbocycles. The molecule has 1 aliphatic heterocycles. The lowest BCUT2D eigenvalue weighted by Crippen LogP contribution is -2.47. The molecule has 1 aliphatic carbocycles. The van der Waals surface area contributed by atoms with Crippen LogP contribution in [0.3, 0.4) is 0 Å². The fourth-order valence-electron chi connectivity index (χ4n) is 4.30. The van der Waals surface area contributed by atoms with E-state index >= 15 is 0 Å². The van der Waals surface area contributed by atoms with Crippen LogP contribution in [-0.4, -0.2) is 58.1 Å². The average Bonchev–Trinajstić information content (AvgIpc) is 3.42. The quantitative estimate of drug-likeness (QED) is 0.650. The summed E-state index contributed by atoms with van der Waals surface area (Å²) >= 11 is 1.30. The maximum Gasteiger partial charge on any atom is 0.233 e. The van der Waals surface area contributed by atoms with Crippen LogP contribution in [0.1, 0.15) is 32.1 Å². The molecule has 1 amide bonds. The molecule has 0 N–H and O–H groups in total. The molecule has 1 aromatic heterocycles. The van der Waals surface area contributed by atoms with Gasteiger partial charge in [0.05, 0.1) is 22.9 Å². The number of nitrogens with zero attached hydrogens (tertiary/aromatic N) is 3. The first-order chi connectivity index (χ1) is 13.9. The summed E-state index contributed by atoms with van der Waals surface area (Å²) in [5, 5.41) is 0.606. The highest BCUT2D eigenvalue weighted by molar-refractivity contribution is 7.99. The standard InChI is InChI=1S/C20H24FN3O3S2/c21-15-4-3-7-17(12-15)23-10-9-22-20(23)28-13-19(25)24(16-5-1-2-6-16)18-8-11-29(26,27)14-18/h3-4,7,9-10,12,16,18H,1-2,5-6,8,11,13-14H2/t18-/m0/s1. The SMILES string of the molecule is O=C(CSc1nccn1-c1cccc(F)c1)N(C1CCCC1)[C@H]1CCS(=O)(=O)C1.